The van der Waals surface area contributed by atoms with Gasteiger partial charge < -0.3 is 4.74 Å². The minimum atomic E-state index is -4.82. The molecule has 26 heavy (non-hydrogen) atoms. The van der Waals surface area contributed by atoms with Crippen molar-refractivity contribution in [2.75, 3.05) is 6.26 Å². The van der Waals surface area contributed by atoms with Crippen molar-refractivity contribution in [3.63, 3.8) is 0 Å². The van der Waals surface area contributed by atoms with Gasteiger partial charge in [0.2, 0.25) is 0 Å². The number of hydrogen-bond acceptors (Lipinski definition) is 4. The average molecular weight is 390 g/mol. The maximum atomic E-state index is 13.2. The summed E-state index contributed by atoms with van der Waals surface area (Å²) in [5.74, 6) is -0.627. The number of esters is 1. The third kappa shape index (κ3) is 5.33. The van der Waals surface area contributed by atoms with Crippen LogP contribution in [0.3, 0.4) is 0 Å². The highest BCUT2D eigenvalue weighted by Gasteiger charge is 2.36. The predicted octanol–water partition coefficient (Wildman–Crippen LogP) is 4.08. The minimum absolute atomic E-state index is 0.0378. The fourth-order valence-electron chi connectivity index (χ4n) is 2.97. The molecule has 1 saturated carbocycles. The summed E-state index contributed by atoms with van der Waals surface area (Å²) in [6.45, 7) is 3.60. The number of sulfone groups is 1. The van der Waals surface area contributed by atoms with E-state index in [1.54, 1.807) is 0 Å². The van der Waals surface area contributed by atoms with Gasteiger partial charge in [0.25, 0.3) is 0 Å². The Kier molecular flexibility index (Phi) is 6.16. The highest BCUT2D eigenvalue weighted by molar-refractivity contribution is 7.90. The van der Waals surface area contributed by atoms with Crippen LogP contribution >= 0.6 is 0 Å². The normalized spacial score (nSPS) is 16.3. The molecular formula is C18H21F3O4S. The van der Waals surface area contributed by atoms with Crippen molar-refractivity contribution >= 4 is 15.8 Å². The number of alkyl halides is 3. The molecule has 0 atom stereocenters. The molecule has 0 amide bonds. The second-order valence-corrected chi connectivity index (χ2v) is 8.53. The van der Waals surface area contributed by atoms with E-state index in [1.165, 1.54) is 6.07 Å². The summed E-state index contributed by atoms with van der Waals surface area (Å²) in [6.07, 6.45) is 0.196. The standard InChI is InChI=1S/C18H21F3O4S/c1-12(17(22)25-14-6-4-3-5-7-14)10-13-8-9-16(26(2,23)24)15(11-13)18(19,20)21/h8-9,11,14H,1,3-7,10H2,2H3. The minimum Gasteiger partial charge on any atom is -0.459 e. The Morgan fingerprint density at radius 1 is 1.23 bits per heavy atom. The summed E-state index contributed by atoms with van der Waals surface area (Å²) < 4.78 is 68.0. The van der Waals surface area contributed by atoms with Crippen molar-refractivity contribution in [2.45, 2.75) is 55.7 Å². The molecule has 0 radical (unpaired) electrons. The highest BCUT2D eigenvalue weighted by atomic mass is 32.2. The first-order valence-electron chi connectivity index (χ1n) is 8.27. The van der Waals surface area contributed by atoms with E-state index in [0.717, 1.165) is 50.5 Å². The number of benzene rings is 1. The molecule has 0 unspecified atom stereocenters. The quantitative estimate of drug-likeness (QED) is 0.561. The zero-order chi connectivity index (χ0) is 19.5. The molecule has 1 aromatic rings. The van der Waals surface area contributed by atoms with Crippen molar-refractivity contribution in [3.8, 4) is 0 Å². The lowest BCUT2D eigenvalue weighted by molar-refractivity contribution is -0.145. The molecule has 1 aromatic carbocycles. The second kappa shape index (κ2) is 7.82. The molecule has 144 valence electrons. The summed E-state index contributed by atoms with van der Waals surface area (Å²) in [6, 6.07) is 2.91. The van der Waals surface area contributed by atoms with E-state index in [4.69, 9.17) is 4.74 Å². The maximum Gasteiger partial charge on any atom is 0.417 e. The van der Waals surface area contributed by atoms with Gasteiger partial charge in [-0.1, -0.05) is 19.1 Å². The molecule has 1 fully saturated rings. The first-order valence-corrected chi connectivity index (χ1v) is 10.2. The van der Waals surface area contributed by atoms with Gasteiger partial charge in [-0.2, -0.15) is 13.2 Å². The number of hydrogen-bond donors (Lipinski definition) is 0. The van der Waals surface area contributed by atoms with Crippen molar-refractivity contribution in [1.82, 2.24) is 0 Å². The van der Waals surface area contributed by atoms with Gasteiger partial charge in [-0.25, -0.2) is 13.2 Å². The van der Waals surface area contributed by atoms with Crippen LogP contribution in [0.5, 0.6) is 0 Å². The Hall–Kier alpha value is -1.83. The van der Waals surface area contributed by atoms with E-state index in [9.17, 15) is 26.4 Å². The lowest BCUT2D eigenvalue weighted by Gasteiger charge is -2.22. The highest BCUT2D eigenvalue weighted by Crippen LogP contribution is 2.35. The average Bonchev–Trinajstić information content (AvgIpc) is 2.53. The van der Waals surface area contributed by atoms with Gasteiger partial charge in [0.15, 0.2) is 9.84 Å². The lowest BCUT2D eigenvalue weighted by atomic mass is 9.97. The van der Waals surface area contributed by atoms with Crippen molar-refractivity contribution in [1.29, 1.82) is 0 Å². The molecule has 2 rings (SSSR count). The third-order valence-corrected chi connectivity index (χ3v) is 5.44. The number of halogens is 3. The van der Waals surface area contributed by atoms with Crippen LogP contribution in [0.25, 0.3) is 0 Å². The Morgan fingerprint density at radius 2 is 1.85 bits per heavy atom. The molecule has 4 nitrogen and oxygen atoms in total. The third-order valence-electron chi connectivity index (χ3n) is 4.28. The van der Waals surface area contributed by atoms with Gasteiger partial charge in [-0.3, -0.25) is 0 Å². The number of carbonyl (C=O) groups excluding carboxylic acids is 1. The molecule has 1 aliphatic carbocycles. The SMILES string of the molecule is C=C(Cc1ccc(S(C)(=O)=O)c(C(F)(F)F)c1)C(=O)OC1CCCCC1. The summed E-state index contributed by atoms with van der Waals surface area (Å²) in [7, 11) is -4.03. The molecule has 0 aliphatic heterocycles. The van der Waals surface area contributed by atoms with Gasteiger partial charge in [-0.05, 0) is 43.4 Å². The Morgan fingerprint density at radius 3 is 2.38 bits per heavy atom. The number of carbonyl (C=O) groups is 1. The largest absolute Gasteiger partial charge is 0.459 e. The topological polar surface area (TPSA) is 60.4 Å². The molecule has 0 saturated heterocycles. The maximum absolute atomic E-state index is 13.2. The van der Waals surface area contributed by atoms with E-state index in [1.807, 2.05) is 0 Å². The molecular weight excluding hydrogens is 369 g/mol. The first kappa shape index (κ1) is 20.5. The van der Waals surface area contributed by atoms with Crippen LogP contribution in [0.2, 0.25) is 0 Å². The lowest BCUT2D eigenvalue weighted by Crippen LogP contribution is -2.22. The second-order valence-electron chi connectivity index (χ2n) is 6.55. The Bertz CT molecular complexity index is 791. The summed E-state index contributed by atoms with van der Waals surface area (Å²) >= 11 is 0. The van der Waals surface area contributed by atoms with Crippen LogP contribution in [0.15, 0.2) is 35.2 Å². The fourth-order valence-corrected chi connectivity index (χ4v) is 3.86. The Labute approximate surface area is 151 Å². The van der Waals surface area contributed by atoms with E-state index >= 15 is 0 Å². The number of rotatable bonds is 5. The van der Waals surface area contributed by atoms with Gasteiger partial charge in [0.05, 0.1) is 10.5 Å². The number of ether oxygens (including phenoxy) is 1. The van der Waals surface area contributed by atoms with Crippen molar-refractivity contribution in [2.24, 2.45) is 0 Å². The van der Waals surface area contributed by atoms with E-state index in [0.29, 0.717) is 0 Å². The zero-order valence-electron chi connectivity index (χ0n) is 14.4. The van der Waals surface area contributed by atoms with E-state index < -0.39 is 32.4 Å². The fraction of sp³-hybridized carbons (Fsp3) is 0.500. The zero-order valence-corrected chi connectivity index (χ0v) is 15.3. The molecule has 0 spiro atoms. The van der Waals surface area contributed by atoms with Crippen LogP contribution in [0.1, 0.15) is 43.2 Å². The molecule has 8 heteroatoms. The molecule has 0 bridgehead atoms. The van der Waals surface area contributed by atoms with E-state index in [2.05, 4.69) is 6.58 Å². The van der Waals surface area contributed by atoms with Gasteiger partial charge in [0, 0.05) is 18.2 Å². The van der Waals surface area contributed by atoms with Gasteiger partial charge >= 0.3 is 12.1 Å². The summed E-state index contributed by atoms with van der Waals surface area (Å²) in [5, 5.41) is 0. The summed E-state index contributed by atoms with van der Waals surface area (Å²) in [4.78, 5) is 11.3. The van der Waals surface area contributed by atoms with Gasteiger partial charge in [-0.15, -0.1) is 0 Å². The van der Waals surface area contributed by atoms with Crippen molar-refractivity contribution in [3.05, 3.63) is 41.5 Å². The van der Waals surface area contributed by atoms with E-state index in [-0.39, 0.29) is 23.7 Å². The van der Waals surface area contributed by atoms with Crippen LogP contribution in [-0.4, -0.2) is 26.7 Å². The first-order chi connectivity index (χ1) is 12.0. The molecule has 0 N–H and O–H groups in total. The van der Waals surface area contributed by atoms with Crippen LogP contribution in [0, 0.1) is 0 Å². The summed E-state index contributed by atoms with van der Waals surface area (Å²) in [5.41, 5.74) is -1.06. The van der Waals surface area contributed by atoms with Crippen LogP contribution in [-0.2, 0) is 32.0 Å². The smallest absolute Gasteiger partial charge is 0.417 e. The van der Waals surface area contributed by atoms with Gasteiger partial charge in [0.1, 0.15) is 6.10 Å². The Balaban J connectivity index is 2.16. The molecule has 0 heterocycles. The van der Waals surface area contributed by atoms with Crippen LogP contribution in [0.4, 0.5) is 13.2 Å². The predicted molar refractivity (Wildman–Crippen MR) is 90.4 cm³/mol. The molecule has 0 aromatic heterocycles. The monoisotopic (exact) mass is 390 g/mol. The molecule has 1 aliphatic rings. The van der Waals surface area contributed by atoms with Crippen molar-refractivity contribution < 1.29 is 31.1 Å². The van der Waals surface area contributed by atoms with Crippen LogP contribution < -0.4 is 0 Å².